The minimum Gasteiger partial charge on any atom is -0.397 e. The fraction of sp³-hybridized carbons (Fsp3) is 0.500. The number of nitrogens with two attached hydrogens (primary N) is 1. The molecule has 0 aliphatic heterocycles. The number of hydrogen-bond donors (Lipinski definition) is 2. The molecule has 0 unspecified atom stereocenters. The van der Waals surface area contributed by atoms with Crippen LogP contribution in [0.5, 0.6) is 0 Å². The first-order valence-corrected chi connectivity index (χ1v) is 5.66. The Kier molecular flexibility index (Phi) is 4.84. The Morgan fingerprint density at radius 1 is 1.28 bits per heavy atom. The van der Waals surface area contributed by atoms with E-state index in [9.17, 15) is 13.2 Å². The van der Waals surface area contributed by atoms with E-state index in [2.05, 4.69) is 5.32 Å². The minimum absolute atomic E-state index is 0.120. The molecule has 0 bridgehead atoms. The van der Waals surface area contributed by atoms with Crippen LogP contribution in [0.3, 0.4) is 0 Å². The third-order valence-electron chi connectivity index (χ3n) is 2.48. The number of nitrogen functional groups attached to an aromatic ring is 1. The summed E-state index contributed by atoms with van der Waals surface area (Å²) in [5.41, 5.74) is 5.53. The van der Waals surface area contributed by atoms with Gasteiger partial charge in [-0.1, -0.05) is 0 Å². The Balaban J connectivity index is 2.58. The number of nitrogens with one attached hydrogen (secondary N) is 1. The molecule has 0 spiro atoms. The maximum absolute atomic E-state index is 12.4. The largest absolute Gasteiger partial charge is 0.416 e. The highest BCUT2D eigenvalue weighted by Crippen LogP contribution is 2.32. The average molecular weight is 261 g/mol. The lowest BCUT2D eigenvalue weighted by molar-refractivity contribution is -0.137. The predicted octanol–water partition coefficient (Wildman–Crippen LogP) is 2.65. The number of benzene rings is 1. The smallest absolute Gasteiger partial charge is 0.397 e. The molecule has 6 heteroatoms. The lowest BCUT2D eigenvalue weighted by atomic mass is 10.1. The predicted molar refractivity (Wildman–Crippen MR) is 67.5 cm³/mol. The summed E-state index contributed by atoms with van der Waals surface area (Å²) in [7, 11) is 3.93. The van der Waals surface area contributed by atoms with Crippen LogP contribution < -0.4 is 11.1 Å². The summed E-state index contributed by atoms with van der Waals surface area (Å²) in [6.07, 6.45) is -3.45. The molecule has 102 valence electrons. The van der Waals surface area contributed by atoms with Crippen molar-refractivity contribution in [2.75, 3.05) is 38.2 Å². The maximum Gasteiger partial charge on any atom is 0.416 e. The van der Waals surface area contributed by atoms with E-state index in [0.717, 1.165) is 25.1 Å². The number of rotatable bonds is 5. The summed E-state index contributed by atoms with van der Waals surface area (Å²) in [5.74, 6) is 0. The zero-order valence-electron chi connectivity index (χ0n) is 10.5. The summed E-state index contributed by atoms with van der Waals surface area (Å²) < 4.78 is 37.2. The van der Waals surface area contributed by atoms with Gasteiger partial charge in [-0.3, -0.25) is 0 Å². The zero-order valence-corrected chi connectivity index (χ0v) is 10.5. The molecule has 0 amide bonds. The van der Waals surface area contributed by atoms with Gasteiger partial charge < -0.3 is 16.0 Å². The van der Waals surface area contributed by atoms with E-state index in [1.807, 2.05) is 19.0 Å². The fourth-order valence-electron chi connectivity index (χ4n) is 1.52. The SMILES string of the molecule is CN(C)CCCNc1ccc(C(F)(F)F)cc1N. The first kappa shape index (κ1) is 14.6. The molecule has 0 heterocycles. The molecular formula is C12H18F3N3. The lowest BCUT2D eigenvalue weighted by Crippen LogP contribution is -2.16. The Morgan fingerprint density at radius 3 is 2.44 bits per heavy atom. The van der Waals surface area contributed by atoms with Crippen LogP contribution in [0.2, 0.25) is 0 Å². The van der Waals surface area contributed by atoms with Crippen LogP contribution in [0.1, 0.15) is 12.0 Å². The van der Waals surface area contributed by atoms with Gasteiger partial charge in [-0.05, 0) is 45.3 Å². The Bertz CT molecular complexity index is 389. The van der Waals surface area contributed by atoms with Crippen LogP contribution in [-0.2, 0) is 6.18 Å². The quantitative estimate of drug-likeness (QED) is 0.632. The average Bonchev–Trinajstić information content (AvgIpc) is 2.24. The molecule has 0 atom stereocenters. The number of halogens is 3. The van der Waals surface area contributed by atoms with Gasteiger partial charge in [-0.2, -0.15) is 13.2 Å². The summed E-state index contributed by atoms with van der Waals surface area (Å²) in [5, 5.41) is 3.03. The van der Waals surface area contributed by atoms with Gasteiger partial charge in [-0.25, -0.2) is 0 Å². The van der Waals surface area contributed by atoms with Crippen molar-refractivity contribution in [1.82, 2.24) is 4.90 Å². The zero-order chi connectivity index (χ0) is 13.8. The highest BCUT2D eigenvalue weighted by atomic mass is 19.4. The maximum atomic E-state index is 12.4. The van der Waals surface area contributed by atoms with Crippen LogP contribution in [0.15, 0.2) is 18.2 Å². The van der Waals surface area contributed by atoms with E-state index < -0.39 is 11.7 Å². The second-order valence-electron chi connectivity index (χ2n) is 4.38. The van der Waals surface area contributed by atoms with E-state index in [1.165, 1.54) is 6.07 Å². The van der Waals surface area contributed by atoms with E-state index in [-0.39, 0.29) is 5.69 Å². The Morgan fingerprint density at radius 2 is 1.94 bits per heavy atom. The normalized spacial score (nSPS) is 11.9. The Labute approximate surface area is 105 Å². The van der Waals surface area contributed by atoms with Gasteiger partial charge in [0, 0.05) is 6.54 Å². The van der Waals surface area contributed by atoms with E-state index in [0.29, 0.717) is 12.2 Å². The first-order valence-electron chi connectivity index (χ1n) is 5.66. The standard InChI is InChI=1S/C12H18F3N3/c1-18(2)7-3-6-17-11-5-4-9(8-10(11)16)12(13,14)15/h4-5,8,17H,3,6-7,16H2,1-2H3. The van der Waals surface area contributed by atoms with Gasteiger partial charge in [0.2, 0.25) is 0 Å². The number of hydrogen-bond acceptors (Lipinski definition) is 3. The highest BCUT2D eigenvalue weighted by Gasteiger charge is 2.30. The monoisotopic (exact) mass is 261 g/mol. The summed E-state index contributed by atoms with van der Waals surface area (Å²) in [6.45, 7) is 1.58. The minimum atomic E-state index is -4.35. The number of nitrogens with zero attached hydrogens (tertiary/aromatic N) is 1. The molecule has 0 radical (unpaired) electrons. The van der Waals surface area contributed by atoms with Crippen molar-refractivity contribution in [1.29, 1.82) is 0 Å². The molecule has 1 aromatic carbocycles. The van der Waals surface area contributed by atoms with Crippen molar-refractivity contribution in [3.05, 3.63) is 23.8 Å². The van der Waals surface area contributed by atoms with Crippen molar-refractivity contribution < 1.29 is 13.2 Å². The van der Waals surface area contributed by atoms with Gasteiger partial charge in [0.15, 0.2) is 0 Å². The van der Waals surface area contributed by atoms with Gasteiger partial charge in [-0.15, -0.1) is 0 Å². The first-order chi connectivity index (χ1) is 8.30. The van der Waals surface area contributed by atoms with Crippen molar-refractivity contribution >= 4 is 11.4 Å². The van der Waals surface area contributed by atoms with Crippen LogP contribution in [-0.4, -0.2) is 32.1 Å². The summed E-state index contributed by atoms with van der Waals surface area (Å²) in [6, 6.07) is 3.35. The van der Waals surface area contributed by atoms with Crippen molar-refractivity contribution in [2.45, 2.75) is 12.6 Å². The molecule has 3 N–H and O–H groups in total. The number of alkyl halides is 3. The molecule has 1 rings (SSSR count). The van der Waals surface area contributed by atoms with E-state index >= 15 is 0 Å². The fourth-order valence-corrected chi connectivity index (χ4v) is 1.52. The second kappa shape index (κ2) is 5.95. The molecule has 0 saturated heterocycles. The molecule has 0 aromatic heterocycles. The summed E-state index contributed by atoms with van der Waals surface area (Å²) in [4.78, 5) is 2.04. The van der Waals surface area contributed by atoms with Gasteiger partial charge >= 0.3 is 6.18 Å². The van der Waals surface area contributed by atoms with E-state index in [4.69, 9.17) is 5.73 Å². The third kappa shape index (κ3) is 4.44. The third-order valence-corrected chi connectivity index (χ3v) is 2.48. The van der Waals surface area contributed by atoms with Crippen molar-refractivity contribution in [3.63, 3.8) is 0 Å². The molecule has 18 heavy (non-hydrogen) atoms. The summed E-state index contributed by atoms with van der Waals surface area (Å²) >= 11 is 0. The molecule has 1 aromatic rings. The highest BCUT2D eigenvalue weighted by molar-refractivity contribution is 5.67. The molecule has 3 nitrogen and oxygen atoms in total. The second-order valence-corrected chi connectivity index (χ2v) is 4.38. The molecule has 0 aliphatic carbocycles. The van der Waals surface area contributed by atoms with Crippen molar-refractivity contribution in [2.24, 2.45) is 0 Å². The van der Waals surface area contributed by atoms with Crippen LogP contribution in [0.25, 0.3) is 0 Å². The Hall–Kier alpha value is -1.43. The molecule has 0 fully saturated rings. The molecular weight excluding hydrogens is 243 g/mol. The topological polar surface area (TPSA) is 41.3 Å². The number of anilines is 2. The van der Waals surface area contributed by atoms with Gasteiger partial charge in [0.1, 0.15) is 0 Å². The van der Waals surface area contributed by atoms with Gasteiger partial charge in [0.05, 0.1) is 16.9 Å². The van der Waals surface area contributed by atoms with Crippen molar-refractivity contribution in [3.8, 4) is 0 Å². The lowest BCUT2D eigenvalue weighted by Gasteiger charge is -2.13. The molecule has 0 aliphatic rings. The van der Waals surface area contributed by atoms with Crippen LogP contribution in [0.4, 0.5) is 24.5 Å². The van der Waals surface area contributed by atoms with Crippen LogP contribution >= 0.6 is 0 Å². The molecule has 0 saturated carbocycles. The van der Waals surface area contributed by atoms with Gasteiger partial charge in [0.25, 0.3) is 0 Å². The van der Waals surface area contributed by atoms with E-state index in [1.54, 1.807) is 0 Å². The van der Waals surface area contributed by atoms with Crippen LogP contribution in [0, 0.1) is 0 Å².